The summed E-state index contributed by atoms with van der Waals surface area (Å²) in [7, 11) is 1.36. The molecule has 0 heterocycles. The van der Waals surface area contributed by atoms with E-state index >= 15 is 0 Å². The maximum Gasteiger partial charge on any atom is 0.333 e. The number of rotatable bonds is 6. The first-order valence-corrected chi connectivity index (χ1v) is 4.04. The van der Waals surface area contributed by atoms with E-state index in [0.717, 1.165) is 6.08 Å². The Morgan fingerprint density at radius 1 is 1.50 bits per heavy atom. The molecular formula is C10H14O4. The molecule has 0 N–H and O–H groups in total. The lowest BCUT2D eigenvalue weighted by atomic mass is 10.2. The van der Waals surface area contributed by atoms with Gasteiger partial charge in [0.15, 0.2) is 11.9 Å². The molecule has 0 saturated carbocycles. The maximum atomic E-state index is 11.1. The second kappa shape index (κ2) is 6.10. The average molecular weight is 198 g/mol. The van der Waals surface area contributed by atoms with Gasteiger partial charge in [-0.2, -0.15) is 0 Å². The molecule has 4 heteroatoms. The Hall–Kier alpha value is -1.42. The second-order valence-corrected chi connectivity index (χ2v) is 2.71. The van der Waals surface area contributed by atoms with Crippen molar-refractivity contribution in [1.29, 1.82) is 0 Å². The molecule has 0 saturated heterocycles. The minimum atomic E-state index is -0.782. The first kappa shape index (κ1) is 12.6. The van der Waals surface area contributed by atoms with Crippen LogP contribution < -0.4 is 0 Å². The van der Waals surface area contributed by atoms with Crippen LogP contribution in [0.25, 0.3) is 0 Å². The van der Waals surface area contributed by atoms with Crippen molar-refractivity contribution >= 4 is 11.8 Å². The van der Waals surface area contributed by atoms with Gasteiger partial charge in [-0.05, 0) is 13.0 Å². The Morgan fingerprint density at radius 2 is 2.07 bits per heavy atom. The van der Waals surface area contributed by atoms with Crippen molar-refractivity contribution in [3.05, 3.63) is 24.8 Å². The Labute approximate surface area is 83.2 Å². The molecule has 0 aliphatic heterocycles. The first-order chi connectivity index (χ1) is 6.52. The van der Waals surface area contributed by atoms with E-state index in [4.69, 9.17) is 9.47 Å². The number of esters is 1. The van der Waals surface area contributed by atoms with Gasteiger partial charge in [-0.3, -0.25) is 4.79 Å². The third-order valence-electron chi connectivity index (χ3n) is 1.52. The lowest BCUT2D eigenvalue weighted by Gasteiger charge is -2.12. The van der Waals surface area contributed by atoms with Crippen LogP contribution in [-0.4, -0.2) is 31.6 Å². The second-order valence-electron chi connectivity index (χ2n) is 2.71. The standard InChI is InChI=1S/C10H14O4/c1-5-8(11)9(13-4)6-14-10(12)7(2)3/h5,9H,1-2,6H2,3-4H3. The van der Waals surface area contributed by atoms with Gasteiger partial charge in [0.1, 0.15) is 6.61 Å². The number of ether oxygens (including phenoxy) is 2. The number of ketones is 1. The van der Waals surface area contributed by atoms with Crippen LogP contribution in [0.4, 0.5) is 0 Å². The van der Waals surface area contributed by atoms with Crippen LogP contribution in [0.3, 0.4) is 0 Å². The van der Waals surface area contributed by atoms with E-state index in [2.05, 4.69) is 13.2 Å². The summed E-state index contributed by atoms with van der Waals surface area (Å²) in [6.07, 6.45) is 0.346. The van der Waals surface area contributed by atoms with Crippen LogP contribution in [-0.2, 0) is 19.1 Å². The summed E-state index contributed by atoms with van der Waals surface area (Å²) in [5.41, 5.74) is 0.283. The van der Waals surface area contributed by atoms with E-state index in [-0.39, 0.29) is 18.0 Å². The fraction of sp³-hybridized carbons (Fsp3) is 0.400. The van der Waals surface area contributed by atoms with Gasteiger partial charge >= 0.3 is 5.97 Å². The smallest absolute Gasteiger partial charge is 0.333 e. The Bertz CT molecular complexity index is 255. The van der Waals surface area contributed by atoms with E-state index in [1.165, 1.54) is 14.0 Å². The van der Waals surface area contributed by atoms with Crippen molar-refractivity contribution in [2.45, 2.75) is 13.0 Å². The lowest BCUT2D eigenvalue weighted by molar-refractivity contribution is -0.144. The van der Waals surface area contributed by atoms with Crippen molar-refractivity contribution in [2.24, 2.45) is 0 Å². The van der Waals surface area contributed by atoms with E-state index in [0.29, 0.717) is 0 Å². The Balaban J connectivity index is 4.08. The van der Waals surface area contributed by atoms with Crippen molar-refractivity contribution in [3.8, 4) is 0 Å². The maximum absolute atomic E-state index is 11.1. The van der Waals surface area contributed by atoms with Crippen LogP contribution in [0.2, 0.25) is 0 Å². The molecular weight excluding hydrogens is 184 g/mol. The monoisotopic (exact) mass is 198 g/mol. The largest absolute Gasteiger partial charge is 0.459 e. The molecule has 1 atom stereocenters. The highest BCUT2D eigenvalue weighted by Gasteiger charge is 2.16. The fourth-order valence-corrected chi connectivity index (χ4v) is 0.672. The topological polar surface area (TPSA) is 52.6 Å². The van der Waals surface area contributed by atoms with Crippen molar-refractivity contribution in [1.82, 2.24) is 0 Å². The zero-order valence-corrected chi connectivity index (χ0v) is 8.41. The van der Waals surface area contributed by atoms with E-state index in [1.807, 2.05) is 0 Å². The van der Waals surface area contributed by atoms with Crippen LogP contribution >= 0.6 is 0 Å². The summed E-state index contributed by atoms with van der Waals surface area (Å²) in [5, 5.41) is 0. The summed E-state index contributed by atoms with van der Waals surface area (Å²) in [5.74, 6) is -0.856. The number of hydrogen-bond donors (Lipinski definition) is 0. The predicted molar refractivity (Wildman–Crippen MR) is 51.8 cm³/mol. The van der Waals surface area contributed by atoms with Gasteiger partial charge in [-0.15, -0.1) is 0 Å². The Morgan fingerprint density at radius 3 is 2.43 bits per heavy atom. The van der Waals surface area contributed by atoms with Crippen LogP contribution in [0, 0.1) is 0 Å². The van der Waals surface area contributed by atoms with E-state index in [1.54, 1.807) is 0 Å². The van der Waals surface area contributed by atoms with Gasteiger partial charge in [-0.1, -0.05) is 13.2 Å². The fourth-order valence-electron chi connectivity index (χ4n) is 0.672. The normalized spacial score (nSPS) is 11.6. The Kier molecular flexibility index (Phi) is 5.48. The van der Waals surface area contributed by atoms with Crippen LogP contribution in [0.5, 0.6) is 0 Å². The molecule has 78 valence electrons. The molecule has 0 spiro atoms. The van der Waals surface area contributed by atoms with Gasteiger partial charge in [-0.25, -0.2) is 4.79 Å². The molecule has 0 aromatic heterocycles. The van der Waals surface area contributed by atoms with Gasteiger partial charge in [0, 0.05) is 12.7 Å². The third-order valence-corrected chi connectivity index (χ3v) is 1.52. The lowest BCUT2D eigenvalue weighted by Crippen LogP contribution is -2.28. The molecule has 0 amide bonds. The van der Waals surface area contributed by atoms with Crippen molar-refractivity contribution in [3.63, 3.8) is 0 Å². The summed E-state index contributed by atoms with van der Waals surface area (Å²) < 4.78 is 9.55. The molecule has 0 aliphatic rings. The van der Waals surface area contributed by atoms with Gasteiger partial charge in [0.25, 0.3) is 0 Å². The zero-order valence-electron chi connectivity index (χ0n) is 8.41. The number of carbonyl (C=O) groups is 2. The summed E-state index contributed by atoms with van der Waals surface area (Å²) >= 11 is 0. The molecule has 14 heavy (non-hydrogen) atoms. The quantitative estimate of drug-likeness (QED) is 0.469. The molecule has 0 bridgehead atoms. The molecule has 4 nitrogen and oxygen atoms in total. The van der Waals surface area contributed by atoms with Crippen LogP contribution in [0.15, 0.2) is 24.8 Å². The predicted octanol–water partition coefficient (Wildman–Crippen LogP) is 0.876. The number of hydrogen-bond acceptors (Lipinski definition) is 4. The van der Waals surface area contributed by atoms with E-state index < -0.39 is 12.1 Å². The van der Waals surface area contributed by atoms with Crippen molar-refractivity contribution < 1.29 is 19.1 Å². The van der Waals surface area contributed by atoms with Crippen LogP contribution in [0.1, 0.15) is 6.92 Å². The number of methoxy groups -OCH3 is 1. The minimum absolute atomic E-state index is 0.118. The average Bonchev–Trinajstić information content (AvgIpc) is 2.17. The molecule has 0 rings (SSSR count). The van der Waals surface area contributed by atoms with Crippen molar-refractivity contribution in [2.75, 3.05) is 13.7 Å². The summed E-state index contributed by atoms with van der Waals surface area (Å²) in [4.78, 5) is 22.0. The van der Waals surface area contributed by atoms with Gasteiger partial charge < -0.3 is 9.47 Å². The summed E-state index contributed by atoms with van der Waals surface area (Å²) in [6, 6.07) is 0. The molecule has 0 aromatic carbocycles. The molecule has 0 aromatic rings. The SMILES string of the molecule is C=CC(=O)C(COC(=O)C(=C)C)OC. The molecule has 0 fully saturated rings. The minimum Gasteiger partial charge on any atom is -0.459 e. The van der Waals surface area contributed by atoms with E-state index in [9.17, 15) is 9.59 Å². The number of carbonyl (C=O) groups excluding carboxylic acids is 2. The summed E-state index contributed by atoms with van der Waals surface area (Å²) in [6.45, 7) is 8.12. The zero-order chi connectivity index (χ0) is 11.1. The highest BCUT2D eigenvalue weighted by atomic mass is 16.6. The first-order valence-electron chi connectivity index (χ1n) is 4.04. The highest BCUT2D eigenvalue weighted by molar-refractivity contribution is 5.93. The van der Waals surface area contributed by atoms with Gasteiger partial charge in [0.2, 0.25) is 0 Å². The molecule has 0 aliphatic carbocycles. The molecule has 1 unspecified atom stereocenters. The van der Waals surface area contributed by atoms with Gasteiger partial charge in [0.05, 0.1) is 0 Å². The highest BCUT2D eigenvalue weighted by Crippen LogP contribution is 1.98. The third kappa shape index (κ3) is 4.00. The molecule has 0 radical (unpaired) electrons.